The zero-order valence-corrected chi connectivity index (χ0v) is 18.8. The van der Waals surface area contributed by atoms with E-state index in [1.807, 2.05) is 25.1 Å². The van der Waals surface area contributed by atoms with Gasteiger partial charge in [-0.3, -0.25) is 4.99 Å². The van der Waals surface area contributed by atoms with Crippen LogP contribution in [0.4, 0.5) is 21.8 Å². The maximum absolute atomic E-state index is 13.3. The molecule has 0 amide bonds. The van der Waals surface area contributed by atoms with Gasteiger partial charge in [0, 0.05) is 19.8 Å². The minimum absolute atomic E-state index is 0.0100. The summed E-state index contributed by atoms with van der Waals surface area (Å²) in [4.78, 5) is 16.2. The number of hydrogen-bond donors (Lipinski definition) is 2. The van der Waals surface area contributed by atoms with Crippen LogP contribution in [0.2, 0.25) is 0 Å². The number of hydrogen-bond acceptors (Lipinski definition) is 6. The van der Waals surface area contributed by atoms with Crippen molar-refractivity contribution in [3.05, 3.63) is 53.0 Å². The molecular formula is C24H32FN5O. The summed E-state index contributed by atoms with van der Waals surface area (Å²) in [6.07, 6.45) is 6.35. The molecule has 0 fully saturated rings. The maximum Gasteiger partial charge on any atom is 0.225 e. The number of anilines is 2. The maximum atomic E-state index is 13.3. The molecule has 7 heteroatoms. The van der Waals surface area contributed by atoms with E-state index >= 15 is 0 Å². The van der Waals surface area contributed by atoms with Gasteiger partial charge in [0.2, 0.25) is 5.95 Å². The van der Waals surface area contributed by atoms with E-state index in [4.69, 9.17) is 15.0 Å². The molecule has 0 bridgehead atoms. The lowest BCUT2D eigenvalue weighted by atomic mass is 9.96. The fourth-order valence-corrected chi connectivity index (χ4v) is 3.56. The lowest BCUT2D eigenvalue weighted by Crippen LogP contribution is -2.26. The van der Waals surface area contributed by atoms with Crippen molar-refractivity contribution in [3.63, 3.8) is 0 Å². The van der Waals surface area contributed by atoms with E-state index in [2.05, 4.69) is 25.2 Å². The molecule has 1 aromatic carbocycles. The molecule has 2 N–H and O–H groups in total. The van der Waals surface area contributed by atoms with Gasteiger partial charge in [-0.25, -0.2) is 9.37 Å². The molecule has 0 aliphatic carbocycles. The Bertz CT molecular complexity index is 936. The van der Waals surface area contributed by atoms with Crippen LogP contribution in [-0.4, -0.2) is 41.0 Å². The summed E-state index contributed by atoms with van der Waals surface area (Å²) < 4.78 is 13.3. The first-order chi connectivity index (χ1) is 14.9. The van der Waals surface area contributed by atoms with Crippen LogP contribution >= 0.6 is 0 Å². The highest BCUT2D eigenvalue weighted by Gasteiger charge is 2.20. The van der Waals surface area contributed by atoms with Crippen molar-refractivity contribution in [2.45, 2.75) is 52.6 Å². The van der Waals surface area contributed by atoms with Crippen LogP contribution in [0.15, 0.2) is 40.9 Å². The molecular weight excluding hydrogens is 393 g/mol. The molecule has 1 aliphatic rings. The van der Waals surface area contributed by atoms with Crippen LogP contribution in [0, 0.1) is 11.7 Å². The molecule has 2 aromatic rings. The van der Waals surface area contributed by atoms with E-state index < -0.39 is 0 Å². The number of halogens is 1. The molecule has 1 aliphatic heterocycles. The Morgan fingerprint density at radius 2 is 1.90 bits per heavy atom. The van der Waals surface area contributed by atoms with Gasteiger partial charge in [0.25, 0.3) is 0 Å². The first-order valence-corrected chi connectivity index (χ1v) is 10.9. The Morgan fingerprint density at radius 1 is 1.16 bits per heavy atom. The van der Waals surface area contributed by atoms with E-state index in [-0.39, 0.29) is 18.5 Å². The number of aryl methyl sites for hydroxylation is 1. The van der Waals surface area contributed by atoms with Gasteiger partial charge in [-0.2, -0.15) is 4.98 Å². The summed E-state index contributed by atoms with van der Waals surface area (Å²) >= 11 is 0. The molecule has 0 unspecified atom stereocenters. The molecule has 0 saturated heterocycles. The van der Waals surface area contributed by atoms with Crippen LogP contribution in [0.1, 0.15) is 44.9 Å². The standard InChI is InChI=1S/C24H32FN5O/c1-5-20(15-31)27-24-28-21-11-8-18(16(2)3)12-13-26-22(21)23(29-24)30(4)14-17-6-9-19(25)10-7-17/h6-7,9-10,12-13,16,20,31H,5,8,11,14-15H2,1-4H3,(H,27,28,29)/b18-12-,26-13-/t20-/m0/s1. The summed E-state index contributed by atoms with van der Waals surface area (Å²) in [7, 11) is 1.95. The average molecular weight is 426 g/mol. The summed E-state index contributed by atoms with van der Waals surface area (Å²) in [5.41, 5.74) is 3.95. The van der Waals surface area contributed by atoms with Crippen LogP contribution < -0.4 is 10.2 Å². The first-order valence-electron chi connectivity index (χ1n) is 10.9. The monoisotopic (exact) mass is 425 g/mol. The Morgan fingerprint density at radius 3 is 2.55 bits per heavy atom. The highest BCUT2D eigenvalue weighted by atomic mass is 19.1. The van der Waals surface area contributed by atoms with E-state index in [1.54, 1.807) is 12.1 Å². The number of allylic oxidation sites excluding steroid dienone is 2. The van der Waals surface area contributed by atoms with Gasteiger partial charge in [-0.1, -0.05) is 38.5 Å². The highest BCUT2D eigenvalue weighted by Crippen LogP contribution is 2.34. The Kier molecular flexibility index (Phi) is 7.74. The van der Waals surface area contributed by atoms with Gasteiger partial charge in [0.15, 0.2) is 5.82 Å². The lowest BCUT2D eigenvalue weighted by molar-refractivity contribution is 0.271. The zero-order chi connectivity index (χ0) is 22.4. The average Bonchev–Trinajstić information content (AvgIpc) is 2.73. The van der Waals surface area contributed by atoms with Crippen molar-refractivity contribution in [2.75, 3.05) is 23.9 Å². The van der Waals surface area contributed by atoms with Crippen LogP contribution in [0.3, 0.4) is 0 Å². The molecule has 3 rings (SSSR count). The molecule has 0 saturated carbocycles. The van der Waals surface area contributed by atoms with E-state index in [0.717, 1.165) is 36.2 Å². The van der Waals surface area contributed by atoms with Crippen molar-refractivity contribution >= 4 is 23.7 Å². The Hall–Kier alpha value is -2.80. The lowest BCUT2D eigenvalue weighted by Gasteiger charge is -2.24. The van der Waals surface area contributed by atoms with Gasteiger partial charge in [0.05, 0.1) is 18.3 Å². The third-order valence-corrected chi connectivity index (χ3v) is 5.56. The fraction of sp³-hybridized carbons (Fsp3) is 0.458. The molecule has 6 nitrogen and oxygen atoms in total. The Labute approximate surface area is 184 Å². The predicted octanol–water partition coefficient (Wildman–Crippen LogP) is 4.67. The van der Waals surface area contributed by atoms with Crippen molar-refractivity contribution in [2.24, 2.45) is 10.9 Å². The smallest absolute Gasteiger partial charge is 0.225 e. The van der Waals surface area contributed by atoms with Crippen LogP contribution in [0.5, 0.6) is 0 Å². The predicted molar refractivity (Wildman–Crippen MR) is 125 cm³/mol. The number of aliphatic hydroxyl groups excluding tert-OH is 1. The van der Waals surface area contributed by atoms with E-state index in [1.165, 1.54) is 17.7 Å². The molecule has 0 spiro atoms. The van der Waals surface area contributed by atoms with Gasteiger partial charge >= 0.3 is 0 Å². The number of nitrogens with zero attached hydrogens (tertiary/aromatic N) is 4. The topological polar surface area (TPSA) is 73.6 Å². The summed E-state index contributed by atoms with van der Waals surface area (Å²) in [5, 5.41) is 12.9. The second-order valence-corrected chi connectivity index (χ2v) is 8.26. The van der Waals surface area contributed by atoms with Gasteiger partial charge in [-0.05, 0) is 49.0 Å². The second kappa shape index (κ2) is 10.5. The molecule has 1 atom stereocenters. The summed E-state index contributed by atoms with van der Waals surface area (Å²) in [5.74, 6) is 1.40. The number of aliphatic imine (C=N–C) groups is 1. The largest absolute Gasteiger partial charge is 0.394 e. The number of fused-ring (bicyclic) bond motifs is 1. The number of aromatic nitrogens is 2. The SMILES string of the molecule is CC[C@@H](CO)Nc1nc2c(c(N(C)Cc3ccc(F)cc3)n1)/N=C\C=C(/C(C)C)CC2. The third kappa shape index (κ3) is 5.88. The third-order valence-electron chi connectivity index (χ3n) is 5.56. The van der Waals surface area contributed by atoms with E-state index in [0.29, 0.717) is 24.2 Å². The molecule has 31 heavy (non-hydrogen) atoms. The van der Waals surface area contributed by atoms with Gasteiger partial charge in [0.1, 0.15) is 11.5 Å². The summed E-state index contributed by atoms with van der Waals surface area (Å²) in [6.45, 7) is 6.94. The quantitative estimate of drug-likeness (QED) is 0.643. The number of rotatable bonds is 8. The van der Waals surface area contributed by atoms with Crippen molar-refractivity contribution in [3.8, 4) is 0 Å². The normalized spacial score (nSPS) is 17.2. The zero-order valence-electron chi connectivity index (χ0n) is 18.8. The Balaban J connectivity index is 1.99. The van der Waals surface area contributed by atoms with Gasteiger partial charge < -0.3 is 15.3 Å². The van der Waals surface area contributed by atoms with E-state index in [9.17, 15) is 9.50 Å². The molecule has 2 heterocycles. The van der Waals surface area contributed by atoms with Crippen LogP contribution in [-0.2, 0) is 13.0 Å². The first kappa shape index (κ1) is 22.9. The van der Waals surface area contributed by atoms with Gasteiger partial charge in [-0.15, -0.1) is 0 Å². The number of benzene rings is 1. The molecule has 0 radical (unpaired) electrons. The fourth-order valence-electron chi connectivity index (χ4n) is 3.56. The summed E-state index contributed by atoms with van der Waals surface area (Å²) in [6, 6.07) is 6.36. The van der Waals surface area contributed by atoms with Crippen molar-refractivity contribution in [1.82, 2.24) is 9.97 Å². The van der Waals surface area contributed by atoms with Crippen molar-refractivity contribution in [1.29, 1.82) is 0 Å². The molecule has 166 valence electrons. The second-order valence-electron chi connectivity index (χ2n) is 8.26. The minimum Gasteiger partial charge on any atom is -0.394 e. The van der Waals surface area contributed by atoms with Crippen LogP contribution in [0.25, 0.3) is 0 Å². The molecule has 1 aromatic heterocycles. The van der Waals surface area contributed by atoms with Crippen molar-refractivity contribution < 1.29 is 9.50 Å². The number of aliphatic hydroxyl groups is 1. The minimum atomic E-state index is -0.253. The highest BCUT2D eigenvalue weighted by molar-refractivity contribution is 5.80. The number of nitrogens with one attached hydrogen (secondary N) is 1.